The first kappa shape index (κ1) is 12.8. The van der Waals surface area contributed by atoms with Crippen LogP contribution in [0.2, 0.25) is 0 Å². The molecule has 1 atom stereocenters. The van der Waals surface area contributed by atoms with Gasteiger partial charge < -0.3 is 5.11 Å². The van der Waals surface area contributed by atoms with Gasteiger partial charge in [-0.3, -0.25) is 0 Å². The Hall–Kier alpha value is -0.300. The number of allylic oxidation sites excluding steroid dienone is 1. The summed E-state index contributed by atoms with van der Waals surface area (Å²) in [5.41, 5.74) is 1.50. The van der Waals surface area contributed by atoms with Crippen molar-refractivity contribution in [1.82, 2.24) is 0 Å². The molecule has 1 nitrogen and oxygen atoms in total. The summed E-state index contributed by atoms with van der Waals surface area (Å²) in [6.07, 6.45) is 11.7. The lowest BCUT2D eigenvalue weighted by molar-refractivity contribution is 0.138. The Morgan fingerprint density at radius 2 is 2.00 bits per heavy atom. The molecule has 1 heteroatoms. The van der Waals surface area contributed by atoms with Crippen molar-refractivity contribution in [1.29, 1.82) is 0 Å². The minimum absolute atomic E-state index is 0.0979. The average Bonchev–Trinajstić information content (AvgIpc) is 2.27. The van der Waals surface area contributed by atoms with E-state index < -0.39 is 0 Å². The standard InChI is InChI=1S/C14H26O/c1-3-12(4-2)10-14(15)11-13-8-6-5-7-9-13/h8,12,14-15H,3-7,9-11H2,1-2H3. The van der Waals surface area contributed by atoms with Crippen LogP contribution in [0.3, 0.4) is 0 Å². The summed E-state index contributed by atoms with van der Waals surface area (Å²) in [6, 6.07) is 0. The predicted molar refractivity (Wildman–Crippen MR) is 65.9 cm³/mol. The molecule has 0 heterocycles. The molecular weight excluding hydrogens is 184 g/mol. The first-order valence-corrected chi connectivity index (χ1v) is 6.62. The van der Waals surface area contributed by atoms with E-state index in [-0.39, 0.29) is 6.10 Å². The number of hydrogen-bond donors (Lipinski definition) is 1. The van der Waals surface area contributed by atoms with Gasteiger partial charge in [0.1, 0.15) is 0 Å². The van der Waals surface area contributed by atoms with Gasteiger partial charge in [-0.25, -0.2) is 0 Å². The molecule has 1 N–H and O–H groups in total. The molecule has 15 heavy (non-hydrogen) atoms. The summed E-state index contributed by atoms with van der Waals surface area (Å²) in [5.74, 6) is 0.712. The van der Waals surface area contributed by atoms with Crippen LogP contribution in [0.1, 0.15) is 65.2 Å². The van der Waals surface area contributed by atoms with Gasteiger partial charge in [-0.15, -0.1) is 0 Å². The molecule has 0 aromatic heterocycles. The summed E-state index contributed by atoms with van der Waals surface area (Å²) in [6.45, 7) is 4.45. The second kappa shape index (κ2) is 7.05. The van der Waals surface area contributed by atoms with Crippen molar-refractivity contribution in [3.63, 3.8) is 0 Å². The maximum absolute atomic E-state index is 9.99. The molecule has 1 rings (SSSR count). The zero-order chi connectivity index (χ0) is 11.1. The highest BCUT2D eigenvalue weighted by Crippen LogP contribution is 2.24. The fourth-order valence-electron chi connectivity index (χ4n) is 2.48. The molecule has 0 fully saturated rings. The third-order valence-corrected chi connectivity index (χ3v) is 3.64. The van der Waals surface area contributed by atoms with E-state index in [4.69, 9.17) is 0 Å². The fourth-order valence-corrected chi connectivity index (χ4v) is 2.48. The summed E-state index contributed by atoms with van der Waals surface area (Å²) in [5, 5.41) is 9.99. The molecule has 0 saturated heterocycles. The van der Waals surface area contributed by atoms with Gasteiger partial charge in [0.15, 0.2) is 0 Å². The fraction of sp³-hybridized carbons (Fsp3) is 0.857. The maximum atomic E-state index is 9.99. The largest absolute Gasteiger partial charge is 0.393 e. The van der Waals surface area contributed by atoms with Crippen molar-refractivity contribution in [2.24, 2.45) is 5.92 Å². The normalized spacial score (nSPS) is 19.1. The van der Waals surface area contributed by atoms with E-state index in [1.165, 1.54) is 44.1 Å². The molecule has 0 saturated carbocycles. The van der Waals surface area contributed by atoms with E-state index >= 15 is 0 Å². The number of rotatable bonds is 6. The Labute approximate surface area is 94.6 Å². The monoisotopic (exact) mass is 210 g/mol. The average molecular weight is 210 g/mol. The molecule has 0 bridgehead atoms. The molecule has 1 aliphatic rings. The summed E-state index contributed by atoms with van der Waals surface area (Å²) >= 11 is 0. The van der Waals surface area contributed by atoms with E-state index in [0.29, 0.717) is 5.92 Å². The smallest absolute Gasteiger partial charge is 0.0580 e. The predicted octanol–water partition coefficient (Wildman–Crippen LogP) is 4.06. The lowest BCUT2D eigenvalue weighted by atomic mass is 9.90. The van der Waals surface area contributed by atoms with Crippen LogP contribution in [0.15, 0.2) is 11.6 Å². The lowest BCUT2D eigenvalue weighted by Crippen LogP contribution is -2.14. The molecular formula is C14H26O. The third kappa shape index (κ3) is 4.83. The van der Waals surface area contributed by atoms with Crippen molar-refractivity contribution in [2.75, 3.05) is 0 Å². The van der Waals surface area contributed by atoms with Gasteiger partial charge in [0, 0.05) is 0 Å². The van der Waals surface area contributed by atoms with Crippen LogP contribution < -0.4 is 0 Å². The van der Waals surface area contributed by atoms with Crippen LogP contribution in [0, 0.1) is 5.92 Å². The first-order valence-electron chi connectivity index (χ1n) is 6.62. The van der Waals surface area contributed by atoms with Crippen molar-refractivity contribution >= 4 is 0 Å². The first-order chi connectivity index (χ1) is 7.26. The molecule has 1 aliphatic carbocycles. The maximum Gasteiger partial charge on any atom is 0.0580 e. The molecule has 0 aliphatic heterocycles. The Kier molecular flexibility index (Phi) is 6.00. The van der Waals surface area contributed by atoms with Crippen LogP contribution >= 0.6 is 0 Å². The Morgan fingerprint density at radius 3 is 2.53 bits per heavy atom. The quantitative estimate of drug-likeness (QED) is 0.655. The van der Waals surface area contributed by atoms with E-state index in [2.05, 4.69) is 19.9 Å². The van der Waals surface area contributed by atoms with E-state index in [9.17, 15) is 5.11 Å². The molecule has 1 unspecified atom stereocenters. The van der Waals surface area contributed by atoms with Gasteiger partial charge in [-0.05, 0) is 44.4 Å². The zero-order valence-electron chi connectivity index (χ0n) is 10.3. The van der Waals surface area contributed by atoms with Crippen LogP contribution in [0.5, 0.6) is 0 Å². The Morgan fingerprint density at radius 1 is 1.27 bits per heavy atom. The molecule has 0 aromatic rings. The highest BCUT2D eigenvalue weighted by atomic mass is 16.3. The van der Waals surface area contributed by atoms with Crippen molar-refractivity contribution in [2.45, 2.75) is 71.3 Å². The Balaban J connectivity index is 2.27. The molecule has 88 valence electrons. The Bertz CT molecular complexity index is 192. The van der Waals surface area contributed by atoms with Gasteiger partial charge in [-0.2, -0.15) is 0 Å². The molecule has 0 aromatic carbocycles. The third-order valence-electron chi connectivity index (χ3n) is 3.64. The molecule has 0 radical (unpaired) electrons. The highest BCUT2D eigenvalue weighted by molar-refractivity contribution is 5.06. The summed E-state index contributed by atoms with van der Waals surface area (Å²) in [7, 11) is 0. The number of aliphatic hydroxyl groups is 1. The number of hydrogen-bond acceptors (Lipinski definition) is 1. The molecule has 0 amide bonds. The van der Waals surface area contributed by atoms with E-state index in [1.54, 1.807) is 0 Å². The van der Waals surface area contributed by atoms with E-state index in [1.807, 2.05) is 0 Å². The van der Waals surface area contributed by atoms with Crippen LogP contribution in [0.25, 0.3) is 0 Å². The number of aliphatic hydroxyl groups excluding tert-OH is 1. The van der Waals surface area contributed by atoms with Crippen molar-refractivity contribution in [3.8, 4) is 0 Å². The second-order valence-corrected chi connectivity index (χ2v) is 4.88. The summed E-state index contributed by atoms with van der Waals surface area (Å²) in [4.78, 5) is 0. The van der Waals surface area contributed by atoms with Gasteiger partial charge >= 0.3 is 0 Å². The van der Waals surface area contributed by atoms with Crippen LogP contribution in [-0.2, 0) is 0 Å². The minimum atomic E-state index is -0.0979. The van der Waals surface area contributed by atoms with Gasteiger partial charge in [0.2, 0.25) is 0 Å². The lowest BCUT2D eigenvalue weighted by Gasteiger charge is -2.20. The van der Waals surface area contributed by atoms with Gasteiger partial charge in [-0.1, -0.05) is 38.3 Å². The van der Waals surface area contributed by atoms with E-state index in [0.717, 1.165) is 12.8 Å². The topological polar surface area (TPSA) is 20.2 Å². The van der Waals surface area contributed by atoms with Crippen molar-refractivity contribution < 1.29 is 5.11 Å². The van der Waals surface area contributed by atoms with Crippen LogP contribution in [0.4, 0.5) is 0 Å². The van der Waals surface area contributed by atoms with Crippen LogP contribution in [-0.4, -0.2) is 11.2 Å². The highest BCUT2D eigenvalue weighted by Gasteiger charge is 2.14. The molecule has 0 spiro atoms. The second-order valence-electron chi connectivity index (χ2n) is 4.88. The minimum Gasteiger partial charge on any atom is -0.393 e. The van der Waals surface area contributed by atoms with Gasteiger partial charge in [0.25, 0.3) is 0 Å². The summed E-state index contributed by atoms with van der Waals surface area (Å²) < 4.78 is 0. The zero-order valence-corrected chi connectivity index (χ0v) is 10.3. The van der Waals surface area contributed by atoms with Crippen molar-refractivity contribution in [3.05, 3.63) is 11.6 Å². The van der Waals surface area contributed by atoms with Gasteiger partial charge in [0.05, 0.1) is 6.10 Å². The SMILES string of the molecule is CCC(CC)CC(O)CC1=CCCCC1.